The quantitative estimate of drug-likeness (QED) is 0.673. The van der Waals surface area contributed by atoms with Crippen LogP contribution in [0.15, 0.2) is 60.7 Å². The Balaban J connectivity index is 1.58. The lowest BCUT2D eigenvalue weighted by Crippen LogP contribution is -2.50. The molecule has 2 N–H and O–H groups in total. The zero-order valence-corrected chi connectivity index (χ0v) is 16.4. The van der Waals surface area contributed by atoms with E-state index in [1.807, 2.05) is 37.3 Å². The summed E-state index contributed by atoms with van der Waals surface area (Å²) in [6, 6.07) is 20.3. The van der Waals surface area contributed by atoms with Gasteiger partial charge in [0.15, 0.2) is 0 Å². The molecule has 1 amide bonds. The minimum absolute atomic E-state index is 0.0431. The molecule has 144 valence electrons. The minimum Gasteiger partial charge on any atom is -0.488 e. The van der Waals surface area contributed by atoms with Crippen LogP contribution >= 0.6 is 0 Å². The van der Waals surface area contributed by atoms with Crippen LogP contribution in [0.5, 0.6) is 5.75 Å². The number of nitrogens with one attached hydrogen (secondary N) is 2. The molecule has 1 unspecified atom stereocenters. The van der Waals surface area contributed by atoms with E-state index in [2.05, 4.69) is 47.9 Å². The molecule has 1 heterocycles. The number of hydrogen-bond donors (Lipinski definition) is 2. The molecule has 1 aliphatic rings. The first kappa shape index (κ1) is 18.5. The number of ether oxygens (including phenoxy) is 1. The Hall–Kier alpha value is -2.85. The van der Waals surface area contributed by atoms with Gasteiger partial charge in [-0.25, -0.2) is 0 Å². The Kier molecular flexibility index (Phi) is 5.31. The third kappa shape index (κ3) is 3.73. The Bertz CT molecular complexity index is 990. The summed E-state index contributed by atoms with van der Waals surface area (Å²) in [4.78, 5) is 13.1. The number of fused-ring (bicyclic) bond motifs is 1. The molecule has 0 bridgehead atoms. The van der Waals surface area contributed by atoms with Gasteiger partial charge in [0.2, 0.25) is 0 Å². The molecule has 0 aliphatic carbocycles. The van der Waals surface area contributed by atoms with Crippen molar-refractivity contribution >= 4 is 16.7 Å². The van der Waals surface area contributed by atoms with Crippen molar-refractivity contribution in [1.82, 2.24) is 10.6 Å². The lowest BCUT2D eigenvalue weighted by molar-refractivity contribution is 0.0933. The van der Waals surface area contributed by atoms with Gasteiger partial charge in [0, 0.05) is 18.7 Å². The molecule has 28 heavy (non-hydrogen) atoms. The Morgan fingerprint density at radius 1 is 1.14 bits per heavy atom. The van der Waals surface area contributed by atoms with Crippen LogP contribution in [-0.4, -0.2) is 25.1 Å². The zero-order valence-electron chi connectivity index (χ0n) is 16.4. The summed E-state index contributed by atoms with van der Waals surface area (Å²) >= 11 is 0. The number of benzene rings is 3. The van der Waals surface area contributed by atoms with Crippen LogP contribution < -0.4 is 15.4 Å². The molecule has 4 nitrogen and oxygen atoms in total. The second kappa shape index (κ2) is 8.03. The Morgan fingerprint density at radius 2 is 1.93 bits per heavy atom. The molecule has 0 saturated carbocycles. The van der Waals surface area contributed by atoms with E-state index in [0.717, 1.165) is 36.4 Å². The van der Waals surface area contributed by atoms with Crippen LogP contribution in [0.1, 0.15) is 40.9 Å². The molecule has 4 rings (SSSR count). The fourth-order valence-electron chi connectivity index (χ4n) is 3.65. The standard InChI is InChI=1S/C24H26N2O2/c1-3-23(21-10-6-8-17-7-4-5-9-20(17)21)26-24(27)22-13-18(12-11-16(22)2)28-19-14-25-15-19/h4-13,19,23,25H,3,14-15H2,1-2H3,(H,26,27). The first-order valence-corrected chi connectivity index (χ1v) is 9.92. The van der Waals surface area contributed by atoms with E-state index >= 15 is 0 Å². The SMILES string of the molecule is CCC(NC(=O)c1cc(OC2CNC2)ccc1C)c1cccc2ccccc12. The summed E-state index contributed by atoms with van der Waals surface area (Å²) in [6.07, 6.45) is 1.01. The monoisotopic (exact) mass is 374 g/mol. The molecule has 4 heteroatoms. The number of carbonyl (C=O) groups excluding carboxylic acids is 1. The van der Waals surface area contributed by atoms with Crippen molar-refractivity contribution in [2.75, 3.05) is 13.1 Å². The van der Waals surface area contributed by atoms with Gasteiger partial charge in [-0.3, -0.25) is 4.79 Å². The molecule has 0 spiro atoms. The summed E-state index contributed by atoms with van der Waals surface area (Å²) in [5.74, 6) is 0.690. The van der Waals surface area contributed by atoms with Gasteiger partial charge in [0.1, 0.15) is 11.9 Å². The number of hydrogen-bond acceptors (Lipinski definition) is 3. The van der Waals surface area contributed by atoms with Crippen LogP contribution in [0, 0.1) is 6.92 Å². The molecule has 3 aromatic rings. The highest BCUT2D eigenvalue weighted by Gasteiger charge is 2.21. The van der Waals surface area contributed by atoms with Crippen molar-refractivity contribution in [3.63, 3.8) is 0 Å². The average molecular weight is 374 g/mol. The van der Waals surface area contributed by atoms with E-state index in [1.165, 1.54) is 10.8 Å². The van der Waals surface area contributed by atoms with Crippen molar-refractivity contribution in [2.24, 2.45) is 0 Å². The average Bonchev–Trinajstić information content (AvgIpc) is 2.69. The van der Waals surface area contributed by atoms with Gasteiger partial charge in [-0.2, -0.15) is 0 Å². The number of aryl methyl sites for hydroxylation is 1. The predicted octanol–water partition coefficient (Wildman–Crippen LogP) is 4.38. The van der Waals surface area contributed by atoms with Crippen molar-refractivity contribution in [1.29, 1.82) is 0 Å². The fourth-order valence-corrected chi connectivity index (χ4v) is 3.65. The minimum atomic E-state index is -0.0607. The normalized spacial score (nSPS) is 15.1. The fraction of sp³-hybridized carbons (Fsp3) is 0.292. The van der Waals surface area contributed by atoms with E-state index in [0.29, 0.717) is 5.56 Å². The summed E-state index contributed by atoms with van der Waals surface area (Å²) in [7, 11) is 0. The van der Waals surface area contributed by atoms with E-state index in [-0.39, 0.29) is 18.1 Å². The molecule has 3 aromatic carbocycles. The molecule has 0 aromatic heterocycles. The highest BCUT2D eigenvalue weighted by atomic mass is 16.5. The third-order valence-corrected chi connectivity index (χ3v) is 5.41. The van der Waals surface area contributed by atoms with Crippen molar-refractivity contribution in [3.8, 4) is 5.75 Å². The van der Waals surface area contributed by atoms with Crippen molar-refractivity contribution < 1.29 is 9.53 Å². The summed E-state index contributed by atoms with van der Waals surface area (Å²) in [5, 5.41) is 8.80. The highest BCUT2D eigenvalue weighted by Crippen LogP contribution is 2.27. The maximum Gasteiger partial charge on any atom is 0.252 e. The molecule has 1 saturated heterocycles. The van der Waals surface area contributed by atoms with Crippen LogP contribution in [0.4, 0.5) is 0 Å². The number of rotatable bonds is 6. The van der Waals surface area contributed by atoms with Crippen molar-refractivity contribution in [2.45, 2.75) is 32.4 Å². The van der Waals surface area contributed by atoms with Gasteiger partial charge in [0.25, 0.3) is 5.91 Å². The zero-order chi connectivity index (χ0) is 19.5. The van der Waals surface area contributed by atoms with Crippen LogP contribution in [0.25, 0.3) is 10.8 Å². The lowest BCUT2D eigenvalue weighted by atomic mass is 9.96. The first-order valence-electron chi connectivity index (χ1n) is 9.92. The van der Waals surface area contributed by atoms with Gasteiger partial charge < -0.3 is 15.4 Å². The first-order chi connectivity index (χ1) is 13.7. The van der Waals surface area contributed by atoms with Crippen LogP contribution in [-0.2, 0) is 0 Å². The molecular formula is C24H26N2O2. The van der Waals surface area contributed by atoms with Crippen LogP contribution in [0.2, 0.25) is 0 Å². The van der Waals surface area contributed by atoms with Crippen LogP contribution in [0.3, 0.4) is 0 Å². The van der Waals surface area contributed by atoms with Gasteiger partial charge in [-0.05, 0) is 47.4 Å². The maximum absolute atomic E-state index is 13.1. The molecule has 1 fully saturated rings. The number of carbonyl (C=O) groups is 1. The Labute approximate surface area is 165 Å². The topological polar surface area (TPSA) is 50.4 Å². The molecule has 1 aliphatic heterocycles. The van der Waals surface area contributed by atoms with Gasteiger partial charge in [0.05, 0.1) is 6.04 Å². The smallest absolute Gasteiger partial charge is 0.252 e. The summed E-state index contributed by atoms with van der Waals surface area (Å²) < 4.78 is 5.93. The Morgan fingerprint density at radius 3 is 2.68 bits per heavy atom. The van der Waals surface area contributed by atoms with Gasteiger partial charge in [-0.1, -0.05) is 55.5 Å². The second-order valence-corrected chi connectivity index (χ2v) is 7.38. The molecular weight excluding hydrogens is 348 g/mol. The molecule has 1 atom stereocenters. The van der Waals surface area contributed by atoms with E-state index < -0.39 is 0 Å². The van der Waals surface area contributed by atoms with E-state index in [4.69, 9.17) is 4.74 Å². The van der Waals surface area contributed by atoms with Crippen molar-refractivity contribution in [3.05, 3.63) is 77.4 Å². The van der Waals surface area contributed by atoms with Gasteiger partial charge >= 0.3 is 0 Å². The summed E-state index contributed by atoms with van der Waals surface area (Å²) in [5.41, 5.74) is 2.77. The van der Waals surface area contributed by atoms with Gasteiger partial charge in [-0.15, -0.1) is 0 Å². The maximum atomic E-state index is 13.1. The highest BCUT2D eigenvalue weighted by molar-refractivity contribution is 5.96. The lowest BCUT2D eigenvalue weighted by Gasteiger charge is -2.28. The second-order valence-electron chi connectivity index (χ2n) is 7.38. The number of amides is 1. The van der Waals surface area contributed by atoms with E-state index in [1.54, 1.807) is 0 Å². The third-order valence-electron chi connectivity index (χ3n) is 5.41. The molecule has 0 radical (unpaired) electrons. The predicted molar refractivity (Wildman–Crippen MR) is 113 cm³/mol. The van der Waals surface area contributed by atoms with E-state index in [9.17, 15) is 4.79 Å². The summed E-state index contributed by atoms with van der Waals surface area (Å²) in [6.45, 7) is 5.77. The largest absolute Gasteiger partial charge is 0.488 e.